The largest absolute Gasteiger partial charge is 0.491 e. The van der Waals surface area contributed by atoms with Gasteiger partial charge in [-0.25, -0.2) is 15.0 Å². The lowest BCUT2D eigenvalue weighted by molar-refractivity contribution is 0.0991. The van der Waals surface area contributed by atoms with Crippen molar-refractivity contribution in [2.75, 3.05) is 19.1 Å². The van der Waals surface area contributed by atoms with Crippen LogP contribution >= 0.6 is 0 Å². The molecule has 162 valence electrons. The molecule has 3 aromatic heterocycles. The van der Waals surface area contributed by atoms with E-state index in [9.17, 15) is 10.1 Å². The summed E-state index contributed by atoms with van der Waals surface area (Å²) in [6.45, 7) is 5.51. The number of anilines is 1. The molecule has 0 spiro atoms. The van der Waals surface area contributed by atoms with Crippen LogP contribution in [0, 0.1) is 11.3 Å². The van der Waals surface area contributed by atoms with Crippen molar-refractivity contribution in [3.63, 3.8) is 0 Å². The highest BCUT2D eigenvalue weighted by molar-refractivity contribution is 6.10. The van der Waals surface area contributed by atoms with Crippen molar-refractivity contribution in [1.82, 2.24) is 15.0 Å². The van der Waals surface area contributed by atoms with Crippen LogP contribution in [0.5, 0.6) is 11.6 Å². The van der Waals surface area contributed by atoms with Crippen molar-refractivity contribution in [3.8, 4) is 29.0 Å². The van der Waals surface area contributed by atoms with Gasteiger partial charge in [0.05, 0.1) is 54.4 Å². The maximum Gasteiger partial charge on any atom is 0.261 e. The second-order valence-electron chi connectivity index (χ2n) is 8.03. The molecular formula is C24H23N5O3. The summed E-state index contributed by atoms with van der Waals surface area (Å²) in [4.78, 5) is 28.5. The van der Waals surface area contributed by atoms with Gasteiger partial charge in [0, 0.05) is 11.8 Å². The maximum absolute atomic E-state index is 13.2. The van der Waals surface area contributed by atoms with Gasteiger partial charge in [0.2, 0.25) is 0 Å². The Balaban J connectivity index is 1.72. The molecule has 1 aliphatic rings. The number of ether oxygens (including phenoxy) is 2. The van der Waals surface area contributed by atoms with E-state index in [0.717, 1.165) is 5.56 Å². The number of nitriles is 1. The lowest BCUT2D eigenvalue weighted by Crippen LogP contribution is -2.28. The van der Waals surface area contributed by atoms with Gasteiger partial charge >= 0.3 is 0 Å². The quantitative estimate of drug-likeness (QED) is 0.602. The minimum Gasteiger partial charge on any atom is -0.491 e. The topological polar surface area (TPSA) is 101 Å². The van der Waals surface area contributed by atoms with Crippen LogP contribution in [0.25, 0.3) is 11.3 Å². The number of pyridine rings is 3. The molecule has 0 aliphatic carbocycles. The molecule has 0 radical (unpaired) electrons. The Bertz CT molecular complexity index is 1250. The lowest BCUT2D eigenvalue weighted by atomic mass is 9.91. The van der Waals surface area contributed by atoms with Gasteiger partial charge in [-0.05, 0) is 51.1 Å². The standard InChI is InChI=1S/C24H23N5O3/c1-14-21-16(9-10-17(27-21)15-11-18(31-4)22(32-5)26-12-15)23(30)29(14)20-8-6-7-19(28-20)24(2,3)13-25/h6-12,14H,1-5H3/t14-/m0/s1. The van der Waals surface area contributed by atoms with Crippen LogP contribution in [0.15, 0.2) is 42.6 Å². The zero-order valence-corrected chi connectivity index (χ0v) is 18.6. The van der Waals surface area contributed by atoms with E-state index in [1.54, 1.807) is 62.4 Å². The first-order chi connectivity index (χ1) is 15.3. The monoisotopic (exact) mass is 429 g/mol. The van der Waals surface area contributed by atoms with Crippen LogP contribution in [0.3, 0.4) is 0 Å². The molecule has 0 N–H and O–H groups in total. The van der Waals surface area contributed by atoms with E-state index in [-0.39, 0.29) is 11.9 Å². The maximum atomic E-state index is 13.2. The van der Waals surface area contributed by atoms with Gasteiger partial charge in [-0.15, -0.1) is 0 Å². The summed E-state index contributed by atoms with van der Waals surface area (Å²) >= 11 is 0. The molecule has 0 unspecified atom stereocenters. The number of hydrogen-bond donors (Lipinski definition) is 0. The number of fused-ring (bicyclic) bond motifs is 1. The van der Waals surface area contributed by atoms with E-state index in [2.05, 4.69) is 16.0 Å². The molecule has 3 aromatic rings. The highest BCUT2D eigenvalue weighted by Crippen LogP contribution is 2.38. The second-order valence-corrected chi connectivity index (χ2v) is 8.03. The third-order valence-electron chi connectivity index (χ3n) is 5.59. The first kappa shape index (κ1) is 21.2. The first-order valence-electron chi connectivity index (χ1n) is 10.1. The average Bonchev–Trinajstić information content (AvgIpc) is 3.07. The number of amides is 1. The van der Waals surface area contributed by atoms with Crippen molar-refractivity contribution < 1.29 is 14.3 Å². The summed E-state index contributed by atoms with van der Waals surface area (Å²) in [5, 5.41) is 9.46. The molecule has 0 fully saturated rings. The zero-order valence-electron chi connectivity index (χ0n) is 18.6. The summed E-state index contributed by atoms with van der Waals surface area (Å²) in [6, 6.07) is 12.7. The number of methoxy groups -OCH3 is 2. The van der Waals surface area contributed by atoms with E-state index >= 15 is 0 Å². The number of aromatic nitrogens is 3. The van der Waals surface area contributed by atoms with E-state index in [0.29, 0.717) is 40.1 Å². The van der Waals surface area contributed by atoms with Crippen molar-refractivity contribution in [2.45, 2.75) is 32.2 Å². The van der Waals surface area contributed by atoms with Crippen LogP contribution in [-0.2, 0) is 5.41 Å². The van der Waals surface area contributed by atoms with Gasteiger partial charge in [-0.2, -0.15) is 5.26 Å². The SMILES string of the molecule is COc1cc(-c2ccc3c(n2)[C@H](C)N(c2cccc(C(C)(C)C#N)n2)C3=O)cnc1OC. The third-order valence-corrected chi connectivity index (χ3v) is 5.59. The van der Waals surface area contributed by atoms with Crippen LogP contribution in [0.2, 0.25) is 0 Å². The van der Waals surface area contributed by atoms with Gasteiger partial charge in [0.15, 0.2) is 5.75 Å². The lowest BCUT2D eigenvalue weighted by Gasteiger charge is -2.23. The number of nitrogens with zero attached hydrogens (tertiary/aromatic N) is 5. The molecule has 4 rings (SSSR count). The van der Waals surface area contributed by atoms with E-state index in [1.807, 2.05) is 13.0 Å². The predicted octanol–water partition coefficient (Wildman–Crippen LogP) is 4.08. The van der Waals surface area contributed by atoms with E-state index in [4.69, 9.17) is 14.5 Å². The molecule has 32 heavy (non-hydrogen) atoms. The molecular weight excluding hydrogens is 406 g/mol. The normalized spacial score (nSPS) is 15.3. The van der Waals surface area contributed by atoms with Gasteiger partial charge in [0.25, 0.3) is 11.8 Å². The Labute approximate surface area is 186 Å². The van der Waals surface area contributed by atoms with E-state index in [1.165, 1.54) is 7.11 Å². The Hall–Kier alpha value is -3.99. The fraction of sp³-hybridized carbons (Fsp3) is 0.292. The first-order valence-corrected chi connectivity index (χ1v) is 10.1. The summed E-state index contributed by atoms with van der Waals surface area (Å²) < 4.78 is 10.5. The number of carbonyl (C=O) groups is 1. The van der Waals surface area contributed by atoms with Gasteiger partial charge in [0.1, 0.15) is 5.82 Å². The number of rotatable bonds is 5. The predicted molar refractivity (Wildman–Crippen MR) is 119 cm³/mol. The third kappa shape index (κ3) is 3.42. The highest BCUT2D eigenvalue weighted by Gasteiger charge is 2.38. The van der Waals surface area contributed by atoms with Crippen molar-refractivity contribution >= 4 is 11.7 Å². The van der Waals surface area contributed by atoms with Crippen LogP contribution in [0.4, 0.5) is 5.82 Å². The molecule has 1 atom stereocenters. The number of carbonyl (C=O) groups excluding carboxylic acids is 1. The van der Waals surface area contributed by atoms with Crippen molar-refractivity contribution in [1.29, 1.82) is 5.26 Å². The summed E-state index contributed by atoms with van der Waals surface area (Å²) in [5.74, 6) is 1.21. The Morgan fingerprint density at radius 1 is 1.12 bits per heavy atom. The molecule has 0 saturated heterocycles. The molecule has 0 aromatic carbocycles. The van der Waals surface area contributed by atoms with Crippen molar-refractivity contribution in [3.05, 3.63) is 59.5 Å². The van der Waals surface area contributed by atoms with Crippen LogP contribution in [-0.4, -0.2) is 35.1 Å². The van der Waals surface area contributed by atoms with Crippen LogP contribution in [0.1, 0.15) is 48.6 Å². The fourth-order valence-corrected chi connectivity index (χ4v) is 3.70. The molecule has 8 nitrogen and oxygen atoms in total. The summed E-state index contributed by atoms with van der Waals surface area (Å²) in [7, 11) is 3.08. The Morgan fingerprint density at radius 3 is 2.59 bits per heavy atom. The fourth-order valence-electron chi connectivity index (χ4n) is 3.70. The summed E-state index contributed by atoms with van der Waals surface area (Å²) in [6.07, 6.45) is 1.66. The smallest absolute Gasteiger partial charge is 0.261 e. The van der Waals surface area contributed by atoms with Crippen LogP contribution < -0.4 is 14.4 Å². The molecule has 1 aliphatic heterocycles. The molecule has 8 heteroatoms. The minimum absolute atomic E-state index is 0.170. The molecule has 0 saturated carbocycles. The highest BCUT2D eigenvalue weighted by atomic mass is 16.5. The Kier molecular flexibility index (Phi) is 5.26. The minimum atomic E-state index is -0.763. The second kappa shape index (κ2) is 7.93. The van der Waals surface area contributed by atoms with Gasteiger partial charge in [-0.1, -0.05) is 6.07 Å². The zero-order chi connectivity index (χ0) is 23.0. The molecule has 4 heterocycles. The van der Waals surface area contributed by atoms with Gasteiger partial charge < -0.3 is 9.47 Å². The number of hydrogen-bond acceptors (Lipinski definition) is 7. The average molecular weight is 429 g/mol. The summed E-state index contributed by atoms with van der Waals surface area (Å²) in [5.41, 5.74) is 2.46. The molecule has 0 bridgehead atoms. The molecule has 1 amide bonds. The van der Waals surface area contributed by atoms with Crippen molar-refractivity contribution in [2.24, 2.45) is 0 Å². The Morgan fingerprint density at radius 2 is 1.91 bits per heavy atom. The van der Waals surface area contributed by atoms with E-state index < -0.39 is 5.41 Å². The van der Waals surface area contributed by atoms with Gasteiger partial charge in [-0.3, -0.25) is 9.69 Å².